The highest BCUT2D eigenvalue weighted by Crippen LogP contribution is 2.13. The molecule has 0 rings (SSSR count). The topological polar surface area (TPSA) is 78.9 Å². The molecule has 0 heterocycles. The first-order chi connectivity index (χ1) is 29.0. The number of esters is 3. The summed E-state index contributed by atoms with van der Waals surface area (Å²) in [6.45, 7) is 6.40. The van der Waals surface area contributed by atoms with E-state index in [1.807, 2.05) is 0 Å². The average Bonchev–Trinajstić information content (AvgIpc) is 3.23. The van der Waals surface area contributed by atoms with Crippen LogP contribution in [0.2, 0.25) is 0 Å². The van der Waals surface area contributed by atoms with Crippen LogP contribution in [0.5, 0.6) is 0 Å². The highest BCUT2D eigenvalue weighted by atomic mass is 16.6. The van der Waals surface area contributed by atoms with Crippen molar-refractivity contribution in [1.82, 2.24) is 0 Å². The molecule has 0 N–H and O–H groups in total. The average molecular weight is 821 g/mol. The molecule has 0 aromatic carbocycles. The Balaban J connectivity index is 4.48. The number of carbonyl (C=O) groups excluding carboxylic acids is 3. The lowest BCUT2D eigenvalue weighted by atomic mass is 10.1. The zero-order chi connectivity index (χ0) is 43.0. The van der Waals surface area contributed by atoms with E-state index in [4.69, 9.17) is 14.2 Å². The minimum atomic E-state index is -0.803. The lowest BCUT2D eigenvalue weighted by Gasteiger charge is -2.18. The molecular weight excluding hydrogens is 733 g/mol. The molecule has 0 amide bonds. The van der Waals surface area contributed by atoms with Gasteiger partial charge in [0.15, 0.2) is 6.10 Å². The van der Waals surface area contributed by atoms with Crippen molar-refractivity contribution in [2.45, 2.75) is 219 Å². The van der Waals surface area contributed by atoms with Crippen molar-refractivity contribution in [3.05, 3.63) is 85.1 Å². The van der Waals surface area contributed by atoms with Gasteiger partial charge < -0.3 is 14.2 Å². The molecule has 0 aliphatic rings. The number of hydrogen-bond acceptors (Lipinski definition) is 6. The third-order valence-electron chi connectivity index (χ3n) is 9.88. The molecule has 6 nitrogen and oxygen atoms in total. The molecule has 0 saturated carbocycles. The van der Waals surface area contributed by atoms with Gasteiger partial charge in [-0.2, -0.15) is 0 Å². The summed E-state index contributed by atoms with van der Waals surface area (Å²) in [4.78, 5) is 37.8. The molecule has 336 valence electrons. The maximum Gasteiger partial charge on any atom is 0.306 e. The van der Waals surface area contributed by atoms with E-state index in [0.717, 1.165) is 103 Å². The molecule has 0 saturated heterocycles. The monoisotopic (exact) mass is 821 g/mol. The van der Waals surface area contributed by atoms with Crippen molar-refractivity contribution in [3.63, 3.8) is 0 Å². The third-order valence-corrected chi connectivity index (χ3v) is 9.88. The second-order valence-corrected chi connectivity index (χ2v) is 15.6. The van der Waals surface area contributed by atoms with E-state index in [9.17, 15) is 14.4 Å². The van der Waals surface area contributed by atoms with E-state index in [1.165, 1.54) is 64.2 Å². The van der Waals surface area contributed by atoms with Crippen LogP contribution in [0.25, 0.3) is 0 Å². The van der Waals surface area contributed by atoms with Crippen LogP contribution in [0, 0.1) is 0 Å². The maximum atomic E-state index is 12.7. The Morgan fingerprint density at radius 3 is 1.14 bits per heavy atom. The van der Waals surface area contributed by atoms with Gasteiger partial charge in [-0.3, -0.25) is 14.4 Å². The largest absolute Gasteiger partial charge is 0.462 e. The first-order valence-corrected chi connectivity index (χ1v) is 24.1. The summed E-state index contributed by atoms with van der Waals surface area (Å²) in [7, 11) is 0. The number of ether oxygens (including phenoxy) is 3. The fourth-order valence-electron chi connectivity index (χ4n) is 6.27. The van der Waals surface area contributed by atoms with E-state index in [0.29, 0.717) is 19.3 Å². The first-order valence-electron chi connectivity index (χ1n) is 24.1. The van der Waals surface area contributed by atoms with Crippen molar-refractivity contribution in [3.8, 4) is 0 Å². The third kappa shape index (κ3) is 45.5. The van der Waals surface area contributed by atoms with Crippen molar-refractivity contribution in [2.75, 3.05) is 13.2 Å². The Morgan fingerprint density at radius 2 is 0.678 bits per heavy atom. The number of hydrogen-bond donors (Lipinski definition) is 0. The van der Waals surface area contributed by atoms with Gasteiger partial charge in [0.25, 0.3) is 0 Å². The number of unbranched alkanes of at least 4 members (excludes halogenated alkanes) is 17. The van der Waals surface area contributed by atoms with Gasteiger partial charge in [0.1, 0.15) is 13.2 Å². The second kappa shape index (κ2) is 47.3. The van der Waals surface area contributed by atoms with Crippen LogP contribution < -0.4 is 0 Å². The van der Waals surface area contributed by atoms with Crippen molar-refractivity contribution < 1.29 is 28.6 Å². The molecule has 0 fully saturated rings. The molecule has 59 heavy (non-hydrogen) atoms. The standard InChI is InChI=1S/C53H88O6/c1-4-7-10-13-16-19-21-23-25-26-28-29-31-34-37-40-43-46-52(55)58-49-50(48-57-51(54)45-42-39-36-33-18-15-12-9-6-3)59-53(56)47-44-41-38-35-32-30-27-24-22-20-17-14-11-8-5-2/h7,10,16-17,19-20,23-25,27-29,34,37,50H,4-6,8-9,11-15,18,21-22,26,30-33,35-36,38-49H2,1-3H3. The number of rotatable bonds is 42. The summed E-state index contributed by atoms with van der Waals surface area (Å²) in [5, 5.41) is 0. The quantitative estimate of drug-likeness (QED) is 0.0264. The van der Waals surface area contributed by atoms with Gasteiger partial charge in [-0.1, -0.05) is 189 Å². The van der Waals surface area contributed by atoms with E-state index in [1.54, 1.807) is 0 Å². The van der Waals surface area contributed by atoms with Crippen molar-refractivity contribution in [2.24, 2.45) is 0 Å². The normalized spacial score (nSPS) is 12.8. The van der Waals surface area contributed by atoms with Gasteiger partial charge in [0, 0.05) is 19.3 Å². The summed E-state index contributed by atoms with van der Waals surface area (Å²) in [5.74, 6) is -0.982. The predicted octanol–water partition coefficient (Wildman–Crippen LogP) is 15.6. The molecule has 0 aromatic rings. The van der Waals surface area contributed by atoms with Gasteiger partial charge >= 0.3 is 17.9 Å². The molecule has 0 bridgehead atoms. The highest BCUT2D eigenvalue weighted by Gasteiger charge is 2.19. The van der Waals surface area contributed by atoms with Crippen LogP contribution in [-0.4, -0.2) is 37.2 Å². The number of allylic oxidation sites excluding steroid dienone is 14. The van der Waals surface area contributed by atoms with Gasteiger partial charge in [-0.15, -0.1) is 0 Å². The SMILES string of the molecule is CCC=CCC=CCC=CCC=CCC=CCCCC(=O)OCC(COC(=O)CCCCCCCCCCC)OC(=O)CCCCCCCC=CCC=CCCCCC. The molecule has 0 spiro atoms. The first kappa shape index (κ1) is 55.6. The predicted molar refractivity (Wildman–Crippen MR) is 251 cm³/mol. The fourth-order valence-corrected chi connectivity index (χ4v) is 6.27. The molecule has 0 aliphatic heterocycles. The van der Waals surface area contributed by atoms with E-state index >= 15 is 0 Å². The van der Waals surface area contributed by atoms with Gasteiger partial charge in [0.05, 0.1) is 0 Å². The van der Waals surface area contributed by atoms with Crippen LogP contribution in [0.15, 0.2) is 85.1 Å². The Kier molecular flexibility index (Phi) is 44.5. The minimum absolute atomic E-state index is 0.0997. The smallest absolute Gasteiger partial charge is 0.306 e. The van der Waals surface area contributed by atoms with Crippen molar-refractivity contribution >= 4 is 17.9 Å². The lowest BCUT2D eigenvalue weighted by molar-refractivity contribution is -0.167. The summed E-state index contributed by atoms with van der Waals surface area (Å²) in [5.41, 5.74) is 0. The summed E-state index contributed by atoms with van der Waals surface area (Å²) < 4.78 is 16.7. The Morgan fingerprint density at radius 1 is 0.356 bits per heavy atom. The van der Waals surface area contributed by atoms with Gasteiger partial charge in [0.2, 0.25) is 0 Å². The minimum Gasteiger partial charge on any atom is -0.462 e. The molecule has 0 radical (unpaired) electrons. The molecular formula is C53H88O6. The summed E-state index contributed by atoms with van der Waals surface area (Å²) >= 11 is 0. The fraction of sp³-hybridized carbons (Fsp3) is 0.679. The van der Waals surface area contributed by atoms with Crippen LogP contribution in [0.4, 0.5) is 0 Å². The zero-order valence-corrected chi connectivity index (χ0v) is 38.2. The van der Waals surface area contributed by atoms with E-state index < -0.39 is 6.10 Å². The van der Waals surface area contributed by atoms with Crippen LogP contribution in [-0.2, 0) is 28.6 Å². The Labute approximate surface area is 363 Å². The molecule has 0 aliphatic carbocycles. The summed E-state index contributed by atoms with van der Waals surface area (Å²) in [6.07, 6.45) is 60.0. The number of carbonyl (C=O) groups is 3. The maximum absolute atomic E-state index is 12.7. The molecule has 0 aromatic heterocycles. The van der Waals surface area contributed by atoms with Crippen LogP contribution >= 0.6 is 0 Å². The van der Waals surface area contributed by atoms with Gasteiger partial charge in [-0.25, -0.2) is 0 Å². The highest BCUT2D eigenvalue weighted by molar-refractivity contribution is 5.71. The lowest BCUT2D eigenvalue weighted by Crippen LogP contribution is -2.30. The van der Waals surface area contributed by atoms with Crippen LogP contribution in [0.3, 0.4) is 0 Å². The van der Waals surface area contributed by atoms with Gasteiger partial charge in [-0.05, 0) is 89.9 Å². The molecule has 1 atom stereocenters. The molecule has 1 unspecified atom stereocenters. The van der Waals surface area contributed by atoms with Crippen LogP contribution in [0.1, 0.15) is 213 Å². The second-order valence-electron chi connectivity index (χ2n) is 15.6. The Bertz CT molecular complexity index is 1170. The van der Waals surface area contributed by atoms with Crippen molar-refractivity contribution in [1.29, 1.82) is 0 Å². The molecule has 6 heteroatoms. The Hall–Kier alpha value is -3.41. The van der Waals surface area contributed by atoms with E-state index in [-0.39, 0.29) is 37.5 Å². The zero-order valence-electron chi connectivity index (χ0n) is 38.2. The van der Waals surface area contributed by atoms with E-state index in [2.05, 4.69) is 106 Å². The summed E-state index contributed by atoms with van der Waals surface area (Å²) in [6, 6.07) is 0.